The third-order valence-electron chi connectivity index (χ3n) is 7.01. The Morgan fingerprint density at radius 1 is 1.31 bits per heavy atom. The molecule has 140 valence electrons. The van der Waals surface area contributed by atoms with Crippen molar-refractivity contribution >= 4 is 11.9 Å². The minimum Gasteiger partial charge on any atom is -0.472 e. The van der Waals surface area contributed by atoms with E-state index in [-0.39, 0.29) is 24.0 Å². The molecule has 2 heterocycles. The van der Waals surface area contributed by atoms with Crippen LogP contribution < -0.4 is 0 Å². The molecule has 4 atom stereocenters. The van der Waals surface area contributed by atoms with Crippen LogP contribution >= 0.6 is 0 Å². The summed E-state index contributed by atoms with van der Waals surface area (Å²) < 4.78 is 16.1. The minimum absolute atomic E-state index is 0.141. The highest BCUT2D eigenvalue weighted by atomic mass is 16.6. The average molecular weight is 358 g/mol. The zero-order valence-electron chi connectivity index (χ0n) is 15.7. The van der Waals surface area contributed by atoms with Gasteiger partial charge in [-0.25, -0.2) is 0 Å². The highest BCUT2D eigenvalue weighted by Gasteiger charge is 2.60. The number of rotatable bonds is 2. The standard InChI is InChI=1S/C21H26O5/c1-13-6-7-15-16(5-4-9-20(15,2)18(22)24-3)21(13)11-17(26-19(21)23)14-8-10-25-12-14/h8,10,12-13,17H,4-7,9,11H2,1-3H3. The van der Waals surface area contributed by atoms with Crippen LogP contribution in [-0.2, 0) is 19.1 Å². The van der Waals surface area contributed by atoms with Crippen molar-refractivity contribution in [2.24, 2.45) is 16.7 Å². The Hall–Kier alpha value is -2.04. The van der Waals surface area contributed by atoms with Crippen LogP contribution in [0.25, 0.3) is 0 Å². The largest absolute Gasteiger partial charge is 0.472 e. The fourth-order valence-electron chi connectivity index (χ4n) is 5.47. The van der Waals surface area contributed by atoms with Gasteiger partial charge in [-0.15, -0.1) is 0 Å². The van der Waals surface area contributed by atoms with Crippen molar-refractivity contribution in [3.05, 3.63) is 35.3 Å². The molecule has 26 heavy (non-hydrogen) atoms. The number of ether oxygens (including phenoxy) is 2. The molecule has 0 saturated carbocycles. The normalized spacial score (nSPS) is 36.8. The highest BCUT2D eigenvalue weighted by molar-refractivity contribution is 5.86. The lowest BCUT2D eigenvalue weighted by Gasteiger charge is -2.47. The predicted molar refractivity (Wildman–Crippen MR) is 94.0 cm³/mol. The highest BCUT2D eigenvalue weighted by Crippen LogP contribution is 2.61. The van der Waals surface area contributed by atoms with Crippen molar-refractivity contribution in [2.45, 2.75) is 58.5 Å². The van der Waals surface area contributed by atoms with Crippen molar-refractivity contribution < 1.29 is 23.5 Å². The summed E-state index contributed by atoms with van der Waals surface area (Å²) in [6.45, 7) is 4.12. The molecule has 5 heteroatoms. The molecular weight excluding hydrogens is 332 g/mol. The summed E-state index contributed by atoms with van der Waals surface area (Å²) in [4.78, 5) is 25.7. The molecule has 4 unspecified atom stereocenters. The maximum absolute atomic E-state index is 13.2. The van der Waals surface area contributed by atoms with Crippen LogP contribution in [0, 0.1) is 16.7 Å². The van der Waals surface area contributed by atoms with Gasteiger partial charge >= 0.3 is 11.9 Å². The molecule has 0 aromatic carbocycles. The molecule has 1 spiro atoms. The Bertz CT molecular complexity index is 761. The van der Waals surface area contributed by atoms with Crippen LogP contribution in [0.2, 0.25) is 0 Å². The van der Waals surface area contributed by atoms with Crippen LogP contribution in [-0.4, -0.2) is 19.0 Å². The summed E-state index contributed by atoms with van der Waals surface area (Å²) in [5.41, 5.74) is 1.93. The van der Waals surface area contributed by atoms with Crippen molar-refractivity contribution in [3.8, 4) is 0 Å². The number of cyclic esters (lactones) is 1. The number of hydrogen-bond donors (Lipinski definition) is 0. The van der Waals surface area contributed by atoms with E-state index in [1.807, 2.05) is 13.0 Å². The monoisotopic (exact) mass is 358 g/mol. The SMILES string of the molecule is COC(=O)C1(C)CCCC2=C1CCC(C)C21CC(c2ccoc2)OC1=O. The van der Waals surface area contributed by atoms with Crippen LogP contribution in [0.15, 0.2) is 34.2 Å². The Balaban J connectivity index is 1.81. The van der Waals surface area contributed by atoms with E-state index in [0.717, 1.165) is 48.8 Å². The van der Waals surface area contributed by atoms with Crippen molar-refractivity contribution in [1.29, 1.82) is 0 Å². The maximum atomic E-state index is 13.2. The molecule has 2 aliphatic carbocycles. The molecule has 0 amide bonds. The summed E-state index contributed by atoms with van der Waals surface area (Å²) in [7, 11) is 1.45. The molecule has 1 fully saturated rings. The van der Waals surface area contributed by atoms with Crippen LogP contribution in [0.1, 0.15) is 64.0 Å². The van der Waals surface area contributed by atoms with E-state index in [0.29, 0.717) is 6.42 Å². The van der Waals surface area contributed by atoms with Crippen molar-refractivity contribution in [2.75, 3.05) is 7.11 Å². The zero-order valence-corrected chi connectivity index (χ0v) is 15.7. The van der Waals surface area contributed by atoms with Gasteiger partial charge in [0, 0.05) is 12.0 Å². The Morgan fingerprint density at radius 2 is 2.12 bits per heavy atom. The number of methoxy groups -OCH3 is 1. The lowest BCUT2D eigenvalue weighted by Crippen LogP contribution is -2.45. The van der Waals surface area contributed by atoms with Gasteiger partial charge in [0.1, 0.15) is 6.10 Å². The van der Waals surface area contributed by atoms with E-state index in [4.69, 9.17) is 13.9 Å². The molecule has 1 aromatic rings. The Morgan fingerprint density at radius 3 is 2.81 bits per heavy atom. The van der Waals surface area contributed by atoms with Gasteiger partial charge in [-0.05, 0) is 51.0 Å². The second-order valence-corrected chi connectivity index (χ2v) is 8.20. The van der Waals surface area contributed by atoms with Crippen molar-refractivity contribution in [3.63, 3.8) is 0 Å². The number of carbonyl (C=O) groups excluding carboxylic acids is 2. The molecule has 4 rings (SSSR count). The second kappa shape index (κ2) is 6.00. The first-order valence-electron chi connectivity index (χ1n) is 9.48. The molecular formula is C21H26O5. The van der Waals surface area contributed by atoms with E-state index in [2.05, 4.69) is 6.92 Å². The van der Waals surface area contributed by atoms with Crippen LogP contribution in [0.5, 0.6) is 0 Å². The van der Waals surface area contributed by atoms with Gasteiger partial charge in [-0.2, -0.15) is 0 Å². The van der Waals surface area contributed by atoms with Crippen LogP contribution in [0.3, 0.4) is 0 Å². The number of esters is 2. The van der Waals surface area contributed by atoms with Gasteiger partial charge in [-0.3, -0.25) is 9.59 Å². The van der Waals surface area contributed by atoms with Crippen LogP contribution in [0.4, 0.5) is 0 Å². The lowest BCUT2D eigenvalue weighted by molar-refractivity contribution is -0.153. The fraction of sp³-hybridized carbons (Fsp3) is 0.619. The minimum atomic E-state index is -0.622. The van der Waals surface area contributed by atoms with Gasteiger partial charge in [0.05, 0.1) is 30.5 Å². The van der Waals surface area contributed by atoms with E-state index < -0.39 is 10.8 Å². The number of hydrogen-bond acceptors (Lipinski definition) is 5. The first-order valence-corrected chi connectivity index (χ1v) is 9.48. The smallest absolute Gasteiger partial charge is 0.317 e. The maximum Gasteiger partial charge on any atom is 0.317 e. The topological polar surface area (TPSA) is 65.7 Å². The molecule has 1 saturated heterocycles. The second-order valence-electron chi connectivity index (χ2n) is 8.20. The number of carbonyl (C=O) groups is 2. The third-order valence-corrected chi connectivity index (χ3v) is 7.01. The molecule has 0 radical (unpaired) electrons. The van der Waals surface area contributed by atoms with Gasteiger partial charge in [0.25, 0.3) is 0 Å². The Labute approximate surface area is 153 Å². The summed E-state index contributed by atoms with van der Waals surface area (Å²) in [6, 6.07) is 1.86. The molecule has 1 aliphatic heterocycles. The van der Waals surface area contributed by atoms with E-state index in [1.165, 1.54) is 7.11 Å². The Kier molecular flexibility index (Phi) is 4.01. The summed E-state index contributed by atoms with van der Waals surface area (Å²) in [6.07, 6.45) is 7.89. The third kappa shape index (κ3) is 2.22. The fourth-order valence-corrected chi connectivity index (χ4v) is 5.47. The predicted octanol–water partition coefficient (Wildman–Crippen LogP) is 4.34. The summed E-state index contributed by atoms with van der Waals surface area (Å²) in [5.74, 6) is -0.129. The average Bonchev–Trinajstić information content (AvgIpc) is 3.27. The first-order chi connectivity index (χ1) is 12.4. The molecule has 5 nitrogen and oxygen atoms in total. The zero-order chi connectivity index (χ0) is 18.5. The first kappa shape index (κ1) is 17.4. The van der Waals surface area contributed by atoms with E-state index >= 15 is 0 Å². The molecule has 3 aliphatic rings. The molecule has 0 N–H and O–H groups in total. The molecule has 0 bridgehead atoms. The van der Waals surface area contributed by atoms with Gasteiger partial charge in [0.15, 0.2) is 0 Å². The van der Waals surface area contributed by atoms with Gasteiger partial charge in [0.2, 0.25) is 0 Å². The number of furan rings is 1. The van der Waals surface area contributed by atoms with E-state index in [9.17, 15) is 9.59 Å². The lowest BCUT2D eigenvalue weighted by atomic mass is 9.54. The van der Waals surface area contributed by atoms with Gasteiger partial charge < -0.3 is 13.9 Å². The summed E-state index contributed by atoms with van der Waals surface area (Å²) >= 11 is 0. The number of fused-ring (bicyclic) bond motifs is 1. The summed E-state index contributed by atoms with van der Waals surface area (Å²) in [5, 5.41) is 0. The molecule has 1 aromatic heterocycles. The van der Waals surface area contributed by atoms with E-state index in [1.54, 1.807) is 12.5 Å². The quantitative estimate of drug-likeness (QED) is 0.581. The van der Waals surface area contributed by atoms with Crippen molar-refractivity contribution in [1.82, 2.24) is 0 Å². The van der Waals surface area contributed by atoms with Gasteiger partial charge in [-0.1, -0.05) is 18.1 Å².